The lowest BCUT2D eigenvalue weighted by Crippen LogP contribution is -2.57. The molecule has 23 heavy (non-hydrogen) atoms. The lowest BCUT2D eigenvalue weighted by Gasteiger charge is -2.38. The van der Waals surface area contributed by atoms with Crippen LogP contribution in [0.1, 0.15) is 31.7 Å². The van der Waals surface area contributed by atoms with Gasteiger partial charge in [-0.3, -0.25) is 4.79 Å². The number of piperidine rings is 1. The fraction of sp³-hybridized carbons (Fsp3) is 0.588. The van der Waals surface area contributed by atoms with Crippen molar-refractivity contribution >= 4 is 5.91 Å². The average Bonchev–Trinajstić information content (AvgIpc) is 2.54. The number of methoxy groups -OCH3 is 1. The molecule has 1 fully saturated rings. The van der Waals surface area contributed by atoms with Crippen LogP contribution in [-0.4, -0.2) is 48.3 Å². The molecule has 1 aromatic carbocycles. The third-order valence-corrected chi connectivity index (χ3v) is 4.16. The Balaban J connectivity index is 2.09. The first-order chi connectivity index (χ1) is 11.0. The zero-order valence-corrected chi connectivity index (χ0v) is 13.8. The summed E-state index contributed by atoms with van der Waals surface area (Å²) < 4.78 is 19.1. The predicted octanol–water partition coefficient (Wildman–Crippen LogP) is 1.69. The van der Waals surface area contributed by atoms with Crippen LogP contribution < -0.4 is 10.1 Å². The van der Waals surface area contributed by atoms with Gasteiger partial charge < -0.3 is 20.1 Å². The molecule has 0 radical (unpaired) electrons. The van der Waals surface area contributed by atoms with E-state index in [1.807, 2.05) is 6.92 Å². The van der Waals surface area contributed by atoms with Gasteiger partial charge in [0.25, 0.3) is 5.91 Å². The molecule has 1 aliphatic rings. The van der Waals surface area contributed by atoms with Crippen LogP contribution in [-0.2, 0) is 11.3 Å². The van der Waals surface area contributed by atoms with Crippen LogP contribution in [0, 0.1) is 5.82 Å². The summed E-state index contributed by atoms with van der Waals surface area (Å²) in [6.07, 6.45) is 2.06. The van der Waals surface area contributed by atoms with Gasteiger partial charge in [-0.25, -0.2) is 4.39 Å². The van der Waals surface area contributed by atoms with E-state index in [-0.39, 0.29) is 24.8 Å². The van der Waals surface area contributed by atoms with Crippen molar-refractivity contribution in [1.29, 1.82) is 0 Å². The minimum absolute atomic E-state index is 0.137. The fourth-order valence-corrected chi connectivity index (χ4v) is 2.86. The van der Waals surface area contributed by atoms with E-state index in [2.05, 4.69) is 5.32 Å². The first-order valence-corrected chi connectivity index (χ1v) is 8.05. The highest BCUT2D eigenvalue weighted by Gasteiger charge is 2.41. The van der Waals surface area contributed by atoms with E-state index in [9.17, 15) is 14.3 Å². The molecule has 0 saturated carbocycles. The molecule has 1 amide bonds. The van der Waals surface area contributed by atoms with Crippen LogP contribution in [0.5, 0.6) is 5.75 Å². The van der Waals surface area contributed by atoms with Gasteiger partial charge in [0.1, 0.15) is 11.6 Å². The smallest absolute Gasteiger partial charge is 0.256 e. The van der Waals surface area contributed by atoms with Gasteiger partial charge in [0.2, 0.25) is 0 Å². The average molecular weight is 324 g/mol. The zero-order chi connectivity index (χ0) is 16.9. The van der Waals surface area contributed by atoms with Gasteiger partial charge in [-0.1, -0.05) is 6.92 Å². The lowest BCUT2D eigenvalue weighted by molar-refractivity contribution is -0.157. The van der Waals surface area contributed by atoms with Crippen LogP contribution in [0.3, 0.4) is 0 Å². The Morgan fingerprint density at radius 2 is 2.26 bits per heavy atom. The molecule has 0 spiro atoms. The Kier molecular flexibility index (Phi) is 5.96. The minimum atomic E-state index is -1.40. The summed E-state index contributed by atoms with van der Waals surface area (Å²) in [5.41, 5.74) is -1.01. The Morgan fingerprint density at radius 3 is 2.96 bits per heavy atom. The fourth-order valence-electron chi connectivity index (χ4n) is 2.86. The Bertz CT molecular complexity index is 553. The monoisotopic (exact) mass is 324 g/mol. The van der Waals surface area contributed by atoms with Gasteiger partial charge >= 0.3 is 0 Å². The zero-order valence-electron chi connectivity index (χ0n) is 13.8. The number of aliphatic hydroxyl groups is 1. The standard InChI is InChI=1S/C17H25FN2O3/c1-3-8-19-12-17(22)7-4-9-20(16(17)21)11-13-10-14(23-2)5-6-15(13)18/h5-6,10,19,22H,3-4,7-9,11-12H2,1-2H3/t17-/m0/s1. The lowest BCUT2D eigenvalue weighted by atomic mass is 9.91. The number of benzene rings is 1. The maximum Gasteiger partial charge on any atom is 0.256 e. The summed E-state index contributed by atoms with van der Waals surface area (Å²) in [7, 11) is 1.52. The Labute approximate surface area is 136 Å². The van der Waals surface area contributed by atoms with E-state index >= 15 is 0 Å². The van der Waals surface area contributed by atoms with Crippen molar-refractivity contribution in [2.24, 2.45) is 0 Å². The van der Waals surface area contributed by atoms with Crippen molar-refractivity contribution in [2.45, 2.75) is 38.3 Å². The summed E-state index contributed by atoms with van der Waals surface area (Å²) in [4.78, 5) is 14.1. The normalized spacial score (nSPS) is 21.6. The molecule has 1 heterocycles. The molecule has 128 valence electrons. The SMILES string of the molecule is CCCNC[C@@]1(O)CCCN(Cc2cc(OC)ccc2F)C1=O. The van der Waals surface area contributed by atoms with Gasteiger partial charge in [-0.05, 0) is 44.0 Å². The maximum atomic E-state index is 14.0. The first-order valence-electron chi connectivity index (χ1n) is 8.05. The second-order valence-electron chi connectivity index (χ2n) is 6.00. The van der Waals surface area contributed by atoms with E-state index < -0.39 is 5.60 Å². The number of rotatable bonds is 7. The van der Waals surface area contributed by atoms with Crippen molar-refractivity contribution in [3.63, 3.8) is 0 Å². The maximum absolute atomic E-state index is 14.0. The van der Waals surface area contributed by atoms with E-state index in [1.165, 1.54) is 18.1 Å². The minimum Gasteiger partial charge on any atom is -0.497 e. The van der Waals surface area contributed by atoms with Crippen molar-refractivity contribution in [1.82, 2.24) is 10.2 Å². The third-order valence-electron chi connectivity index (χ3n) is 4.16. The van der Waals surface area contributed by atoms with E-state index in [0.717, 1.165) is 13.0 Å². The molecule has 2 rings (SSSR count). The summed E-state index contributed by atoms with van der Waals surface area (Å²) >= 11 is 0. The summed E-state index contributed by atoms with van der Waals surface area (Å²) in [5.74, 6) is -0.169. The number of nitrogens with zero attached hydrogens (tertiary/aromatic N) is 1. The van der Waals surface area contributed by atoms with E-state index in [1.54, 1.807) is 12.1 Å². The molecule has 1 saturated heterocycles. The number of carbonyl (C=O) groups excluding carboxylic acids is 1. The van der Waals surface area contributed by atoms with Crippen molar-refractivity contribution < 1.29 is 19.0 Å². The third kappa shape index (κ3) is 4.20. The van der Waals surface area contributed by atoms with Crippen molar-refractivity contribution in [3.05, 3.63) is 29.6 Å². The molecule has 5 nitrogen and oxygen atoms in total. The van der Waals surface area contributed by atoms with Gasteiger partial charge in [-0.15, -0.1) is 0 Å². The number of likely N-dealkylation sites (tertiary alicyclic amines) is 1. The van der Waals surface area contributed by atoms with E-state index in [0.29, 0.717) is 30.7 Å². The number of ether oxygens (including phenoxy) is 1. The van der Waals surface area contributed by atoms with Gasteiger partial charge in [0, 0.05) is 25.2 Å². The van der Waals surface area contributed by atoms with Crippen LogP contribution in [0.2, 0.25) is 0 Å². The van der Waals surface area contributed by atoms with Crippen molar-refractivity contribution in [3.8, 4) is 5.75 Å². The van der Waals surface area contributed by atoms with Crippen molar-refractivity contribution in [2.75, 3.05) is 26.7 Å². The molecule has 6 heteroatoms. The molecule has 1 aliphatic heterocycles. The molecular weight excluding hydrogens is 299 g/mol. The van der Waals surface area contributed by atoms with Crippen LogP contribution in [0.25, 0.3) is 0 Å². The number of halogens is 1. The van der Waals surface area contributed by atoms with Crippen LogP contribution in [0.4, 0.5) is 4.39 Å². The Morgan fingerprint density at radius 1 is 1.48 bits per heavy atom. The molecule has 1 atom stereocenters. The number of hydrogen-bond acceptors (Lipinski definition) is 4. The topological polar surface area (TPSA) is 61.8 Å². The summed E-state index contributed by atoms with van der Waals surface area (Å²) in [6, 6.07) is 4.46. The number of carbonyl (C=O) groups is 1. The highest BCUT2D eigenvalue weighted by atomic mass is 19.1. The number of hydrogen-bond donors (Lipinski definition) is 2. The number of nitrogens with one attached hydrogen (secondary N) is 1. The van der Waals surface area contributed by atoms with Gasteiger partial charge in [-0.2, -0.15) is 0 Å². The summed E-state index contributed by atoms with van der Waals surface area (Å²) in [6.45, 7) is 3.66. The summed E-state index contributed by atoms with van der Waals surface area (Å²) in [5, 5.41) is 13.7. The molecule has 1 aromatic rings. The molecule has 0 bridgehead atoms. The largest absolute Gasteiger partial charge is 0.497 e. The Hall–Kier alpha value is -1.66. The first kappa shape index (κ1) is 17.7. The van der Waals surface area contributed by atoms with E-state index in [4.69, 9.17) is 4.74 Å². The molecule has 2 N–H and O–H groups in total. The molecule has 0 aliphatic carbocycles. The van der Waals surface area contributed by atoms with Gasteiger partial charge in [0.15, 0.2) is 5.60 Å². The van der Waals surface area contributed by atoms with Crippen LogP contribution in [0.15, 0.2) is 18.2 Å². The molecule has 0 aromatic heterocycles. The predicted molar refractivity (Wildman–Crippen MR) is 85.7 cm³/mol. The van der Waals surface area contributed by atoms with Gasteiger partial charge in [0.05, 0.1) is 7.11 Å². The quantitative estimate of drug-likeness (QED) is 0.749. The highest BCUT2D eigenvalue weighted by molar-refractivity contribution is 5.86. The number of amides is 1. The highest BCUT2D eigenvalue weighted by Crippen LogP contribution is 2.25. The van der Waals surface area contributed by atoms with Crippen LogP contribution >= 0.6 is 0 Å². The molecular formula is C17H25FN2O3. The molecule has 0 unspecified atom stereocenters. The second-order valence-corrected chi connectivity index (χ2v) is 6.00. The second kappa shape index (κ2) is 7.75.